The highest BCUT2D eigenvalue weighted by atomic mass is 15.1. The van der Waals surface area contributed by atoms with E-state index in [1.54, 1.807) is 0 Å². The molecule has 3 aromatic heterocycles. The molecule has 0 aliphatic carbocycles. The number of nitrogens with zero attached hydrogens (tertiary/aromatic N) is 5. The summed E-state index contributed by atoms with van der Waals surface area (Å²) < 4.78 is 4.95. The monoisotopic (exact) mass is 789 g/mol. The van der Waals surface area contributed by atoms with E-state index in [0.717, 1.165) is 39.1 Å². The van der Waals surface area contributed by atoms with Crippen molar-refractivity contribution in [3.8, 4) is 45.5 Å². The van der Waals surface area contributed by atoms with Crippen molar-refractivity contribution in [3.63, 3.8) is 0 Å². The molecular weight excluding hydrogens is 755 g/mol. The van der Waals surface area contributed by atoms with Gasteiger partial charge in [-0.1, -0.05) is 176 Å². The van der Waals surface area contributed by atoms with Crippen molar-refractivity contribution in [2.75, 3.05) is 0 Å². The Morgan fingerprint density at radius 2 is 0.742 bits per heavy atom. The molecule has 0 N–H and O–H groups in total. The van der Waals surface area contributed by atoms with Crippen molar-refractivity contribution in [1.29, 1.82) is 0 Å². The quantitative estimate of drug-likeness (QED) is 0.163. The summed E-state index contributed by atoms with van der Waals surface area (Å²) in [7, 11) is 0. The fraction of sp³-hybridized carbons (Fsp3) is 0. The molecule has 0 radical (unpaired) electrons. The molecule has 0 bridgehead atoms. The van der Waals surface area contributed by atoms with E-state index in [1.165, 1.54) is 64.9 Å². The van der Waals surface area contributed by atoms with E-state index in [9.17, 15) is 0 Å². The summed E-state index contributed by atoms with van der Waals surface area (Å²) in [6.07, 6.45) is 0. The van der Waals surface area contributed by atoms with Crippen molar-refractivity contribution in [3.05, 3.63) is 212 Å². The van der Waals surface area contributed by atoms with Gasteiger partial charge in [-0.15, -0.1) is 0 Å². The van der Waals surface area contributed by atoms with Gasteiger partial charge in [0.25, 0.3) is 0 Å². The fourth-order valence-corrected chi connectivity index (χ4v) is 9.86. The standard InChI is InChI=1S/C57H35N5/c1-4-18-37(19-5-1)55-58-56(38-20-6-2-7-21-38)60-57(59-55)39-22-16-25-41(35-39)62-49-30-15-13-28-46(49)52-50-44-32-31-36-17-10-11-26-42(36)43(44)33-34-47(50)51-45-27-12-14-29-48(45)61(53(51)54(52)62)40-23-8-3-9-24-40/h1-35H. The van der Waals surface area contributed by atoms with E-state index in [-0.39, 0.29) is 0 Å². The van der Waals surface area contributed by atoms with E-state index in [2.05, 4.69) is 185 Å². The summed E-state index contributed by atoms with van der Waals surface area (Å²) in [6, 6.07) is 75.7. The molecule has 10 aromatic carbocycles. The Balaban J connectivity index is 1.19. The molecule has 0 aliphatic heterocycles. The van der Waals surface area contributed by atoms with Crippen LogP contribution in [0.15, 0.2) is 212 Å². The van der Waals surface area contributed by atoms with Crippen molar-refractivity contribution in [2.24, 2.45) is 0 Å². The third-order valence-electron chi connectivity index (χ3n) is 12.5. The van der Waals surface area contributed by atoms with Crippen LogP contribution in [0.2, 0.25) is 0 Å². The normalized spacial score (nSPS) is 11.9. The molecule has 13 rings (SSSR count). The van der Waals surface area contributed by atoms with E-state index in [0.29, 0.717) is 17.5 Å². The SMILES string of the molecule is c1ccc(-c2nc(-c3ccccc3)nc(-c3cccc(-n4c5ccccc5c5c6c7ccc8ccccc8c7ccc6c6c7ccccc7n(-c7ccccc7)c6c54)c3)n2)cc1. The van der Waals surface area contributed by atoms with Gasteiger partial charge in [0.05, 0.1) is 22.1 Å². The summed E-state index contributed by atoms with van der Waals surface area (Å²) in [4.78, 5) is 15.3. The first-order chi connectivity index (χ1) is 30.8. The molecule has 288 valence electrons. The molecule has 62 heavy (non-hydrogen) atoms. The molecule has 0 spiro atoms. The molecule has 0 fully saturated rings. The molecule has 0 unspecified atom stereocenters. The minimum absolute atomic E-state index is 0.618. The van der Waals surface area contributed by atoms with Crippen LogP contribution < -0.4 is 0 Å². The van der Waals surface area contributed by atoms with Crippen molar-refractivity contribution in [2.45, 2.75) is 0 Å². The Hall–Kier alpha value is -8.41. The second-order valence-corrected chi connectivity index (χ2v) is 15.9. The maximum Gasteiger partial charge on any atom is 0.164 e. The average molecular weight is 790 g/mol. The van der Waals surface area contributed by atoms with Gasteiger partial charge in [0, 0.05) is 55.0 Å². The first-order valence-corrected chi connectivity index (χ1v) is 21.0. The minimum Gasteiger partial charge on any atom is -0.307 e. The average Bonchev–Trinajstić information content (AvgIpc) is 3.88. The maximum atomic E-state index is 5.14. The van der Waals surface area contributed by atoms with Crippen molar-refractivity contribution < 1.29 is 0 Å². The van der Waals surface area contributed by atoms with Gasteiger partial charge in [-0.3, -0.25) is 0 Å². The van der Waals surface area contributed by atoms with E-state index in [1.807, 2.05) is 36.4 Å². The minimum atomic E-state index is 0.618. The molecule has 0 atom stereocenters. The molecule has 13 aromatic rings. The molecule has 3 heterocycles. The lowest BCUT2D eigenvalue weighted by molar-refractivity contribution is 1.07. The van der Waals surface area contributed by atoms with E-state index >= 15 is 0 Å². The number of aromatic nitrogens is 5. The number of hydrogen-bond acceptors (Lipinski definition) is 3. The topological polar surface area (TPSA) is 48.5 Å². The second kappa shape index (κ2) is 13.6. The molecule has 0 aliphatic rings. The van der Waals surface area contributed by atoms with Crippen LogP contribution >= 0.6 is 0 Å². The maximum absolute atomic E-state index is 5.14. The van der Waals surface area contributed by atoms with Crippen LogP contribution in [0.3, 0.4) is 0 Å². The molecular formula is C57H35N5. The Bertz CT molecular complexity index is 3850. The Kier molecular flexibility index (Phi) is 7.54. The van der Waals surface area contributed by atoms with Crippen LogP contribution in [0.25, 0.3) is 121 Å². The summed E-state index contributed by atoms with van der Waals surface area (Å²) in [5.74, 6) is 1.89. The van der Waals surface area contributed by atoms with Crippen LogP contribution in [0.5, 0.6) is 0 Å². The van der Waals surface area contributed by atoms with Crippen molar-refractivity contribution in [1.82, 2.24) is 24.1 Å². The fourth-order valence-electron chi connectivity index (χ4n) is 9.86. The zero-order valence-corrected chi connectivity index (χ0v) is 33.4. The first kappa shape index (κ1) is 34.5. The van der Waals surface area contributed by atoms with Gasteiger partial charge in [-0.2, -0.15) is 0 Å². The van der Waals surface area contributed by atoms with Crippen LogP contribution in [0.4, 0.5) is 0 Å². The number of benzene rings is 10. The second-order valence-electron chi connectivity index (χ2n) is 15.9. The number of fused-ring (bicyclic) bond motifs is 14. The summed E-state index contributed by atoms with van der Waals surface area (Å²) >= 11 is 0. The zero-order valence-electron chi connectivity index (χ0n) is 33.4. The Morgan fingerprint density at radius 1 is 0.274 bits per heavy atom. The number of para-hydroxylation sites is 3. The van der Waals surface area contributed by atoms with Gasteiger partial charge in [0.1, 0.15) is 0 Å². The van der Waals surface area contributed by atoms with Crippen LogP contribution in [0.1, 0.15) is 0 Å². The Morgan fingerprint density at radius 3 is 1.42 bits per heavy atom. The lowest BCUT2D eigenvalue weighted by Crippen LogP contribution is -2.02. The lowest BCUT2D eigenvalue weighted by Gasteiger charge is -2.16. The van der Waals surface area contributed by atoms with Crippen LogP contribution in [-0.4, -0.2) is 24.1 Å². The molecule has 0 saturated carbocycles. The summed E-state index contributed by atoms with van der Waals surface area (Å²) in [6.45, 7) is 0. The van der Waals surface area contributed by atoms with E-state index < -0.39 is 0 Å². The molecule has 5 nitrogen and oxygen atoms in total. The van der Waals surface area contributed by atoms with Gasteiger partial charge in [0.15, 0.2) is 17.5 Å². The smallest absolute Gasteiger partial charge is 0.164 e. The number of hydrogen-bond donors (Lipinski definition) is 0. The summed E-state index contributed by atoms with van der Waals surface area (Å²) in [5, 5.41) is 12.4. The van der Waals surface area contributed by atoms with Gasteiger partial charge < -0.3 is 9.13 Å². The highest BCUT2D eigenvalue weighted by molar-refractivity contribution is 6.41. The van der Waals surface area contributed by atoms with Gasteiger partial charge in [0.2, 0.25) is 0 Å². The molecule has 0 saturated heterocycles. The van der Waals surface area contributed by atoms with Gasteiger partial charge in [-0.25, -0.2) is 15.0 Å². The first-order valence-electron chi connectivity index (χ1n) is 21.0. The highest BCUT2D eigenvalue weighted by Gasteiger charge is 2.26. The van der Waals surface area contributed by atoms with E-state index in [4.69, 9.17) is 15.0 Å². The predicted molar refractivity (Wildman–Crippen MR) is 257 cm³/mol. The summed E-state index contributed by atoms with van der Waals surface area (Å²) in [5.41, 5.74) is 9.53. The third kappa shape index (κ3) is 5.12. The number of rotatable bonds is 5. The molecule has 5 heteroatoms. The highest BCUT2D eigenvalue weighted by Crippen LogP contribution is 2.49. The third-order valence-corrected chi connectivity index (χ3v) is 12.5. The lowest BCUT2D eigenvalue weighted by atomic mass is 9.92. The Labute approximate surface area is 356 Å². The zero-order chi connectivity index (χ0) is 40.7. The van der Waals surface area contributed by atoms with Gasteiger partial charge >= 0.3 is 0 Å². The van der Waals surface area contributed by atoms with Crippen LogP contribution in [0, 0.1) is 0 Å². The molecule has 0 amide bonds. The largest absolute Gasteiger partial charge is 0.307 e. The van der Waals surface area contributed by atoms with Crippen molar-refractivity contribution >= 4 is 75.9 Å². The van der Waals surface area contributed by atoms with Gasteiger partial charge in [-0.05, 0) is 63.3 Å². The van der Waals surface area contributed by atoms with Crippen LogP contribution in [-0.2, 0) is 0 Å². The predicted octanol–water partition coefficient (Wildman–Crippen LogP) is 14.5.